The lowest BCUT2D eigenvalue weighted by atomic mass is 10.2. The van der Waals surface area contributed by atoms with Crippen LogP contribution in [-0.2, 0) is 0 Å². The van der Waals surface area contributed by atoms with Crippen LogP contribution in [0.4, 0.5) is 8.78 Å². The first-order valence-corrected chi connectivity index (χ1v) is 3.50. The van der Waals surface area contributed by atoms with Crippen molar-refractivity contribution in [2.75, 3.05) is 0 Å². The van der Waals surface area contributed by atoms with Crippen molar-refractivity contribution >= 4 is 6.29 Å². The number of pyridine rings is 1. The van der Waals surface area contributed by atoms with Crippen LogP contribution in [0.2, 0.25) is 0 Å². The maximum absolute atomic E-state index is 12.3. The second-order valence-corrected chi connectivity index (χ2v) is 2.40. The summed E-state index contributed by atoms with van der Waals surface area (Å²) in [6.45, 7) is 0. The summed E-state index contributed by atoms with van der Waals surface area (Å²) in [7, 11) is 0. The minimum absolute atomic E-state index is 0.0431. The predicted molar refractivity (Wildman–Crippen MR) is 42.1 cm³/mol. The van der Waals surface area contributed by atoms with E-state index in [1.165, 1.54) is 6.07 Å². The first-order chi connectivity index (χ1) is 6.60. The van der Waals surface area contributed by atoms with Gasteiger partial charge in [-0.05, 0) is 0 Å². The molecule has 1 rings (SSSR count). The molecular formula is C8H4F2N2O2. The fourth-order valence-corrected chi connectivity index (χ4v) is 0.944. The number of nitriles is 1. The average molecular weight is 198 g/mol. The van der Waals surface area contributed by atoms with E-state index in [0.29, 0.717) is 0 Å². The second kappa shape index (κ2) is 3.79. The normalized spacial score (nSPS) is 9.86. The number of hydrogen-bond acceptors (Lipinski definition) is 3. The van der Waals surface area contributed by atoms with Gasteiger partial charge in [-0.25, -0.2) is 8.78 Å². The number of nitrogens with zero attached hydrogens (tertiary/aromatic N) is 1. The fourth-order valence-electron chi connectivity index (χ4n) is 0.944. The molecule has 0 saturated heterocycles. The van der Waals surface area contributed by atoms with Crippen molar-refractivity contribution in [3.8, 4) is 6.07 Å². The number of rotatable bonds is 2. The van der Waals surface area contributed by atoms with Gasteiger partial charge in [-0.2, -0.15) is 5.26 Å². The summed E-state index contributed by atoms with van der Waals surface area (Å²) in [4.78, 5) is 23.3. The van der Waals surface area contributed by atoms with Crippen LogP contribution < -0.4 is 5.43 Å². The number of carbonyl (C=O) groups is 1. The van der Waals surface area contributed by atoms with Crippen LogP contribution in [0.3, 0.4) is 0 Å². The molecule has 0 radical (unpaired) electrons. The molecule has 1 aromatic rings. The maximum Gasteiger partial charge on any atom is 0.279 e. The fraction of sp³-hybridized carbons (Fsp3) is 0.125. The van der Waals surface area contributed by atoms with Gasteiger partial charge >= 0.3 is 0 Å². The molecule has 0 atom stereocenters. The van der Waals surface area contributed by atoms with Crippen LogP contribution in [0.5, 0.6) is 0 Å². The SMILES string of the molecule is N#Cc1cc(=O)c(C=O)c(C(F)F)[nH]1. The van der Waals surface area contributed by atoms with Crippen LogP contribution in [0, 0.1) is 11.3 Å². The van der Waals surface area contributed by atoms with Crippen molar-refractivity contribution in [3.05, 3.63) is 33.2 Å². The summed E-state index contributed by atoms with van der Waals surface area (Å²) in [5, 5.41) is 8.38. The van der Waals surface area contributed by atoms with E-state index in [2.05, 4.69) is 0 Å². The lowest BCUT2D eigenvalue weighted by molar-refractivity contribution is 0.110. The minimum Gasteiger partial charge on any atom is -0.345 e. The van der Waals surface area contributed by atoms with E-state index in [1.807, 2.05) is 4.98 Å². The Bertz CT molecular complexity index is 459. The van der Waals surface area contributed by atoms with Crippen LogP contribution in [0.15, 0.2) is 10.9 Å². The molecule has 0 bridgehead atoms. The van der Waals surface area contributed by atoms with E-state index in [4.69, 9.17) is 5.26 Å². The Morgan fingerprint density at radius 2 is 2.21 bits per heavy atom. The smallest absolute Gasteiger partial charge is 0.279 e. The maximum atomic E-state index is 12.3. The number of alkyl halides is 2. The first-order valence-electron chi connectivity index (χ1n) is 3.50. The van der Waals surface area contributed by atoms with Crippen molar-refractivity contribution in [2.24, 2.45) is 0 Å². The molecule has 72 valence electrons. The van der Waals surface area contributed by atoms with Gasteiger partial charge in [0.05, 0.1) is 11.3 Å². The van der Waals surface area contributed by atoms with Gasteiger partial charge in [-0.1, -0.05) is 0 Å². The summed E-state index contributed by atoms with van der Waals surface area (Å²) < 4.78 is 24.5. The Balaban J connectivity index is 3.53. The van der Waals surface area contributed by atoms with Gasteiger partial charge in [-0.15, -0.1) is 0 Å². The molecule has 6 heteroatoms. The number of halogens is 2. The molecule has 1 N–H and O–H groups in total. The largest absolute Gasteiger partial charge is 0.345 e. The third-order valence-corrected chi connectivity index (χ3v) is 1.56. The number of aromatic amines is 1. The molecule has 0 aliphatic carbocycles. The Kier molecular flexibility index (Phi) is 2.72. The highest BCUT2D eigenvalue weighted by molar-refractivity contribution is 5.76. The predicted octanol–water partition coefficient (Wildman–Crippen LogP) is 0.997. The zero-order valence-corrected chi connectivity index (χ0v) is 6.75. The molecule has 14 heavy (non-hydrogen) atoms. The first kappa shape index (κ1) is 10.1. The lowest BCUT2D eigenvalue weighted by Gasteiger charge is -2.02. The zero-order valence-electron chi connectivity index (χ0n) is 6.75. The number of H-pyrrole nitrogens is 1. The molecule has 0 unspecified atom stereocenters. The topological polar surface area (TPSA) is 73.7 Å². The van der Waals surface area contributed by atoms with Gasteiger partial charge < -0.3 is 4.98 Å². The Labute approximate surface area is 76.8 Å². The standard InChI is InChI=1S/C8H4F2N2O2/c9-8(10)7-5(3-13)6(14)1-4(2-11)12-7/h1,3,8H,(H,12,14). The summed E-state index contributed by atoms with van der Waals surface area (Å²) >= 11 is 0. The highest BCUT2D eigenvalue weighted by atomic mass is 19.3. The van der Waals surface area contributed by atoms with Crippen molar-refractivity contribution in [3.63, 3.8) is 0 Å². The summed E-state index contributed by atoms with van der Waals surface area (Å²) in [5.41, 5.74) is -2.63. The van der Waals surface area contributed by atoms with Crippen LogP contribution in [0.1, 0.15) is 28.2 Å². The van der Waals surface area contributed by atoms with Gasteiger partial charge in [0.15, 0.2) is 11.7 Å². The third kappa shape index (κ3) is 1.66. The molecule has 0 amide bonds. The minimum atomic E-state index is -2.99. The molecule has 0 fully saturated rings. The van der Waals surface area contributed by atoms with E-state index in [1.54, 1.807) is 0 Å². The molecule has 4 nitrogen and oxygen atoms in total. The lowest BCUT2D eigenvalue weighted by Crippen LogP contribution is -2.14. The monoisotopic (exact) mass is 198 g/mol. The van der Waals surface area contributed by atoms with E-state index in [9.17, 15) is 18.4 Å². The van der Waals surface area contributed by atoms with E-state index >= 15 is 0 Å². The van der Waals surface area contributed by atoms with Crippen molar-refractivity contribution in [2.45, 2.75) is 6.43 Å². The van der Waals surface area contributed by atoms with Gasteiger partial charge in [0, 0.05) is 6.07 Å². The van der Waals surface area contributed by atoms with Crippen molar-refractivity contribution < 1.29 is 13.6 Å². The number of nitrogens with one attached hydrogen (secondary N) is 1. The van der Waals surface area contributed by atoms with Crippen molar-refractivity contribution in [1.82, 2.24) is 4.98 Å². The third-order valence-electron chi connectivity index (χ3n) is 1.56. The van der Waals surface area contributed by atoms with Gasteiger partial charge in [0.1, 0.15) is 11.8 Å². The Hall–Kier alpha value is -2.03. The zero-order chi connectivity index (χ0) is 10.7. The van der Waals surface area contributed by atoms with Crippen molar-refractivity contribution in [1.29, 1.82) is 5.26 Å². The average Bonchev–Trinajstić information content (AvgIpc) is 2.16. The van der Waals surface area contributed by atoms with E-state index in [0.717, 1.165) is 6.07 Å². The van der Waals surface area contributed by atoms with Crippen LogP contribution in [0.25, 0.3) is 0 Å². The number of carbonyl (C=O) groups excluding carboxylic acids is 1. The van der Waals surface area contributed by atoms with E-state index < -0.39 is 23.1 Å². The summed E-state index contributed by atoms with van der Waals surface area (Å²) in [5.74, 6) is 0. The summed E-state index contributed by atoms with van der Waals surface area (Å²) in [6.07, 6.45) is -2.95. The molecule has 0 aliphatic rings. The highest BCUT2D eigenvalue weighted by Gasteiger charge is 2.17. The molecule has 0 aromatic carbocycles. The number of aromatic nitrogens is 1. The van der Waals surface area contributed by atoms with E-state index in [-0.39, 0.29) is 12.0 Å². The summed E-state index contributed by atoms with van der Waals surface area (Å²) in [6, 6.07) is 2.31. The highest BCUT2D eigenvalue weighted by Crippen LogP contribution is 2.17. The van der Waals surface area contributed by atoms with Gasteiger partial charge in [0.2, 0.25) is 0 Å². The Morgan fingerprint density at radius 1 is 1.57 bits per heavy atom. The Morgan fingerprint density at radius 3 is 2.64 bits per heavy atom. The van der Waals surface area contributed by atoms with Gasteiger partial charge in [0.25, 0.3) is 6.43 Å². The number of aldehydes is 1. The molecule has 0 saturated carbocycles. The molecule has 1 heterocycles. The molecule has 1 aromatic heterocycles. The quantitative estimate of drug-likeness (QED) is 0.720. The molecule has 0 spiro atoms. The van der Waals surface area contributed by atoms with Gasteiger partial charge in [-0.3, -0.25) is 9.59 Å². The second-order valence-electron chi connectivity index (χ2n) is 2.40. The van der Waals surface area contributed by atoms with Crippen LogP contribution >= 0.6 is 0 Å². The number of hydrogen-bond donors (Lipinski definition) is 1. The molecular weight excluding hydrogens is 194 g/mol. The molecule has 0 aliphatic heterocycles. The van der Waals surface area contributed by atoms with Crippen LogP contribution in [-0.4, -0.2) is 11.3 Å².